The average Bonchev–Trinajstić information content (AvgIpc) is 3.01. The number of nitrogens with one attached hydrogen (secondary N) is 1. The molecule has 0 atom stereocenters. The fourth-order valence-electron chi connectivity index (χ4n) is 3.15. The van der Waals surface area contributed by atoms with Crippen molar-refractivity contribution in [3.8, 4) is 11.4 Å². The number of aromatic nitrogens is 4. The molecule has 0 aromatic carbocycles. The molecule has 3 aromatic heterocycles. The molecule has 3 heterocycles. The monoisotopic (exact) mass is 421 g/mol. The first kappa shape index (κ1) is 16.8. The minimum Gasteiger partial charge on any atom is -0.393 e. The highest BCUT2D eigenvalue weighted by atomic mass is 79.9. The fraction of sp³-hybridized carbons (Fsp3) is 0.353. The standard InChI is InChI=1S/C17H17BrClN5O/c18-10-1-6-15-20-8-14(24(15)9-10)16-13(19)7-21-17(23-16)22-11-2-4-12(25)5-3-11/h1,6-9,11-12,25H,2-5H2,(H,21,22,23)/t11-,12-. The Hall–Kier alpha value is -1.70. The second-order valence-electron chi connectivity index (χ2n) is 6.26. The van der Waals surface area contributed by atoms with E-state index in [1.165, 1.54) is 0 Å². The average molecular weight is 423 g/mol. The van der Waals surface area contributed by atoms with E-state index in [4.69, 9.17) is 11.6 Å². The lowest BCUT2D eigenvalue weighted by Gasteiger charge is -2.26. The van der Waals surface area contributed by atoms with E-state index in [-0.39, 0.29) is 12.1 Å². The predicted molar refractivity (Wildman–Crippen MR) is 101 cm³/mol. The van der Waals surface area contributed by atoms with Crippen molar-refractivity contribution in [2.75, 3.05) is 5.32 Å². The zero-order valence-corrected chi connectivity index (χ0v) is 15.7. The summed E-state index contributed by atoms with van der Waals surface area (Å²) >= 11 is 9.83. The van der Waals surface area contributed by atoms with Crippen LogP contribution >= 0.6 is 27.5 Å². The molecule has 4 rings (SSSR count). The highest BCUT2D eigenvalue weighted by Crippen LogP contribution is 2.29. The molecule has 25 heavy (non-hydrogen) atoms. The molecule has 3 aromatic rings. The number of rotatable bonds is 3. The number of anilines is 1. The number of hydrogen-bond donors (Lipinski definition) is 2. The number of pyridine rings is 1. The first-order valence-corrected chi connectivity index (χ1v) is 9.37. The zero-order valence-electron chi connectivity index (χ0n) is 13.4. The van der Waals surface area contributed by atoms with Crippen molar-refractivity contribution >= 4 is 39.1 Å². The van der Waals surface area contributed by atoms with Crippen LogP contribution in [0.1, 0.15) is 25.7 Å². The van der Waals surface area contributed by atoms with Gasteiger partial charge in [0.25, 0.3) is 0 Å². The smallest absolute Gasteiger partial charge is 0.223 e. The Labute approximate surface area is 158 Å². The van der Waals surface area contributed by atoms with Crippen molar-refractivity contribution in [1.82, 2.24) is 19.4 Å². The van der Waals surface area contributed by atoms with Gasteiger partial charge < -0.3 is 10.4 Å². The molecule has 6 nitrogen and oxygen atoms in total. The summed E-state index contributed by atoms with van der Waals surface area (Å²) < 4.78 is 2.89. The van der Waals surface area contributed by atoms with Crippen LogP contribution < -0.4 is 5.32 Å². The second kappa shape index (κ2) is 6.90. The number of halogens is 2. The van der Waals surface area contributed by atoms with Gasteiger partial charge in [-0.15, -0.1) is 0 Å². The van der Waals surface area contributed by atoms with E-state index in [1.807, 2.05) is 22.7 Å². The van der Waals surface area contributed by atoms with Crippen LogP contribution in [0, 0.1) is 0 Å². The third-order valence-electron chi connectivity index (χ3n) is 4.49. The minimum absolute atomic E-state index is 0.184. The van der Waals surface area contributed by atoms with Crippen LogP contribution in [0.15, 0.2) is 35.2 Å². The quantitative estimate of drug-likeness (QED) is 0.669. The van der Waals surface area contributed by atoms with Gasteiger partial charge in [0, 0.05) is 16.7 Å². The van der Waals surface area contributed by atoms with E-state index in [0.29, 0.717) is 16.7 Å². The van der Waals surface area contributed by atoms with Crippen LogP contribution in [-0.4, -0.2) is 36.6 Å². The fourth-order valence-corrected chi connectivity index (χ4v) is 3.67. The highest BCUT2D eigenvalue weighted by Gasteiger charge is 2.20. The van der Waals surface area contributed by atoms with Crippen molar-refractivity contribution < 1.29 is 5.11 Å². The van der Waals surface area contributed by atoms with Crippen molar-refractivity contribution in [2.24, 2.45) is 0 Å². The topological polar surface area (TPSA) is 75.3 Å². The Kier molecular flexibility index (Phi) is 4.62. The van der Waals surface area contributed by atoms with E-state index in [0.717, 1.165) is 41.5 Å². The number of aliphatic hydroxyl groups excluding tert-OH is 1. The van der Waals surface area contributed by atoms with Crippen molar-refractivity contribution in [2.45, 2.75) is 37.8 Å². The predicted octanol–water partition coefficient (Wildman–Crippen LogP) is 3.92. The summed E-state index contributed by atoms with van der Waals surface area (Å²) in [6, 6.07) is 4.14. The molecule has 0 saturated heterocycles. The largest absolute Gasteiger partial charge is 0.393 e. The summed E-state index contributed by atoms with van der Waals surface area (Å²) in [7, 11) is 0. The van der Waals surface area contributed by atoms with E-state index in [2.05, 4.69) is 36.2 Å². The van der Waals surface area contributed by atoms with E-state index < -0.39 is 0 Å². The Morgan fingerprint density at radius 2 is 1.96 bits per heavy atom. The molecule has 130 valence electrons. The molecule has 8 heteroatoms. The molecule has 0 radical (unpaired) electrons. The molecule has 1 saturated carbocycles. The normalized spacial score (nSPS) is 20.8. The first-order chi connectivity index (χ1) is 12.1. The first-order valence-electron chi connectivity index (χ1n) is 8.20. The van der Waals surface area contributed by atoms with Crippen molar-refractivity contribution in [3.63, 3.8) is 0 Å². The van der Waals surface area contributed by atoms with Gasteiger partial charge in [0.15, 0.2) is 0 Å². The lowest BCUT2D eigenvalue weighted by atomic mass is 9.93. The lowest BCUT2D eigenvalue weighted by Crippen LogP contribution is -2.29. The van der Waals surface area contributed by atoms with Gasteiger partial charge in [-0.1, -0.05) is 11.6 Å². The Morgan fingerprint density at radius 1 is 1.16 bits per heavy atom. The van der Waals surface area contributed by atoms with Gasteiger partial charge in [0.2, 0.25) is 5.95 Å². The summed E-state index contributed by atoms with van der Waals surface area (Å²) in [5.74, 6) is 0.547. The van der Waals surface area contributed by atoms with Crippen LogP contribution in [0.3, 0.4) is 0 Å². The Balaban J connectivity index is 1.66. The van der Waals surface area contributed by atoms with E-state index in [1.54, 1.807) is 12.4 Å². The summed E-state index contributed by atoms with van der Waals surface area (Å²) in [5.41, 5.74) is 2.27. The lowest BCUT2D eigenvalue weighted by molar-refractivity contribution is 0.126. The van der Waals surface area contributed by atoms with Crippen LogP contribution in [0.4, 0.5) is 5.95 Å². The van der Waals surface area contributed by atoms with E-state index >= 15 is 0 Å². The summed E-state index contributed by atoms with van der Waals surface area (Å²) in [5, 5.41) is 13.5. The van der Waals surface area contributed by atoms with Crippen LogP contribution in [0.25, 0.3) is 17.0 Å². The van der Waals surface area contributed by atoms with Crippen LogP contribution in [0.2, 0.25) is 5.02 Å². The number of fused-ring (bicyclic) bond motifs is 1. The van der Waals surface area contributed by atoms with Gasteiger partial charge in [-0.25, -0.2) is 15.0 Å². The molecule has 2 N–H and O–H groups in total. The van der Waals surface area contributed by atoms with Gasteiger partial charge in [-0.05, 0) is 53.7 Å². The van der Waals surface area contributed by atoms with Gasteiger partial charge in [-0.2, -0.15) is 0 Å². The number of hydrogen-bond acceptors (Lipinski definition) is 5. The summed E-state index contributed by atoms with van der Waals surface area (Å²) in [6.45, 7) is 0. The third kappa shape index (κ3) is 3.49. The Morgan fingerprint density at radius 3 is 2.76 bits per heavy atom. The highest BCUT2D eigenvalue weighted by molar-refractivity contribution is 9.10. The molecular weight excluding hydrogens is 406 g/mol. The molecule has 0 bridgehead atoms. The SMILES string of the molecule is O[C@H]1CC[C@H](Nc2ncc(Cl)c(-c3cnc4ccc(Br)cn34)n2)CC1. The molecule has 0 aliphatic heterocycles. The number of imidazole rings is 1. The molecule has 1 aliphatic rings. The van der Waals surface area contributed by atoms with Gasteiger partial charge in [0.05, 0.1) is 29.2 Å². The zero-order chi connectivity index (χ0) is 17.4. The van der Waals surface area contributed by atoms with Crippen LogP contribution in [-0.2, 0) is 0 Å². The molecule has 0 unspecified atom stereocenters. The van der Waals surface area contributed by atoms with Crippen LogP contribution in [0.5, 0.6) is 0 Å². The van der Waals surface area contributed by atoms with Crippen molar-refractivity contribution in [3.05, 3.63) is 40.2 Å². The Bertz CT molecular complexity index is 907. The molecule has 0 spiro atoms. The maximum atomic E-state index is 9.63. The van der Waals surface area contributed by atoms with E-state index in [9.17, 15) is 5.11 Å². The number of nitrogens with zero attached hydrogens (tertiary/aromatic N) is 4. The molecule has 1 fully saturated rings. The van der Waals surface area contributed by atoms with Gasteiger partial charge in [-0.3, -0.25) is 4.40 Å². The summed E-state index contributed by atoms with van der Waals surface area (Å²) in [4.78, 5) is 13.3. The third-order valence-corrected chi connectivity index (χ3v) is 5.23. The molecular formula is C17H17BrClN5O. The molecule has 0 amide bonds. The molecule has 1 aliphatic carbocycles. The maximum absolute atomic E-state index is 9.63. The van der Waals surface area contributed by atoms with Crippen molar-refractivity contribution in [1.29, 1.82) is 0 Å². The second-order valence-corrected chi connectivity index (χ2v) is 7.58. The van der Waals surface area contributed by atoms with Gasteiger partial charge in [0.1, 0.15) is 11.3 Å². The summed E-state index contributed by atoms with van der Waals surface area (Å²) in [6.07, 6.45) is 8.55. The van der Waals surface area contributed by atoms with Gasteiger partial charge >= 0.3 is 0 Å². The maximum Gasteiger partial charge on any atom is 0.223 e. The minimum atomic E-state index is -0.184. The number of aliphatic hydroxyl groups is 1.